The first kappa shape index (κ1) is 10.3. The Morgan fingerprint density at radius 3 is 2.60 bits per heavy atom. The van der Waals surface area contributed by atoms with Crippen molar-refractivity contribution in [1.29, 1.82) is 0 Å². The first-order chi connectivity index (χ1) is 4.85. The van der Waals surface area contributed by atoms with Crippen LogP contribution < -0.4 is 11.3 Å². The number of thioether (sulfide) groups is 1. The summed E-state index contributed by atoms with van der Waals surface area (Å²) in [6.07, 6.45) is 2.39. The molecule has 0 heterocycles. The van der Waals surface area contributed by atoms with Crippen LogP contribution in [0.1, 0.15) is 26.7 Å². The van der Waals surface area contributed by atoms with Gasteiger partial charge in [-0.05, 0) is 12.2 Å². The van der Waals surface area contributed by atoms with E-state index in [2.05, 4.69) is 19.3 Å². The molecule has 0 aliphatic rings. The first-order valence-corrected chi connectivity index (χ1v) is 5.04. The summed E-state index contributed by atoms with van der Waals surface area (Å²) in [5.74, 6) is 7.66. The van der Waals surface area contributed by atoms with Crippen molar-refractivity contribution in [2.75, 3.05) is 11.5 Å². The lowest BCUT2D eigenvalue weighted by Gasteiger charge is -2.12. The van der Waals surface area contributed by atoms with Gasteiger partial charge in [0.05, 0.1) is 0 Å². The Balaban J connectivity index is 3.21. The first-order valence-electron chi connectivity index (χ1n) is 3.89. The van der Waals surface area contributed by atoms with E-state index in [9.17, 15) is 0 Å². The predicted octanol–water partition coefficient (Wildman–Crippen LogP) is 1.37. The molecule has 0 amide bonds. The van der Waals surface area contributed by atoms with Gasteiger partial charge < -0.3 is 0 Å². The quantitative estimate of drug-likeness (QED) is 0.457. The van der Waals surface area contributed by atoms with Gasteiger partial charge in [0.2, 0.25) is 0 Å². The smallest absolute Gasteiger partial charge is 0.0301 e. The van der Waals surface area contributed by atoms with Crippen molar-refractivity contribution in [2.45, 2.75) is 32.7 Å². The van der Waals surface area contributed by atoms with Crippen LogP contribution in [0.15, 0.2) is 0 Å². The average molecular weight is 162 g/mol. The van der Waals surface area contributed by atoms with Crippen LogP contribution in [0.2, 0.25) is 0 Å². The largest absolute Gasteiger partial charge is 0.271 e. The number of nitrogens with two attached hydrogens (primary N) is 1. The molecule has 0 aromatic heterocycles. The SMILES string of the molecule is CCCC(CSCC)NN. The van der Waals surface area contributed by atoms with Gasteiger partial charge >= 0.3 is 0 Å². The predicted molar refractivity (Wildman–Crippen MR) is 49.0 cm³/mol. The van der Waals surface area contributed by atoms with Gasteiger partial charge in [0.1, 0.15) is 0 Å². The fraction of sp³-hybridized carbons (Fsp3) is 1.00. The zero-order valence-electron chi connectivity index (χ0n) is 6.89. The van der Waals surface area contributed by atoms with Crippen LogP contribution in [0.25, 0.3) is 0 Å². The molecule has 1 unspecified atom stereocenters. The lowest BCUT2D eigenvalue weighted by molar-refractivity contribution is 0.532. The second-order valence-electron chi connectivity index (χ2n) is 2.31. The third kappa shape index (κ3) is 5.09. The summed E-state index contributed by atoms with van der Waals surface area (Å²) in [5.41, 5.74) is 2.82. The van der Waals surface area contributed by atoms with Crippen LogP contribution in [0.5, 0.6) is 0 Å². The Morgan fingerprint density at radius 2 is 2.20 bits per heavy atom. The maximum atomic E-state index is 5.34. The normalized spacial score (nSPS) is 13.5. The summed E-state index contributed by atoms with van der Waals surface area (Å²) >= 11 is 1.94. The Hall–Kier alpha value is 0.270. The molecule has 2 nitrogen and oxygen atoms in total. The molecule has 0 radical (unpaired) electrons. The van der Waals surface area contributed by atoms with Crippen LogP contribution in [0.4, 0.5) is 0 Å². The average Bonchev–Trinajstić information content (AvgIpc) is 1.98. The van der Waals surface area contributed by atoms with Gasteiger partial charge in [-0.15, -0.1) is 0 Å². The van der Waals surface area contributed by atoms with Crippen molar-refractivity contribution in [3.63, 3.8) is 0 Å². The molecule has 0 aliphatic carbocycles. The maximum Gasteiger partial charge on any atom is 0.0301 e. The molecular formula is C7H18N2S. The Morgan fingerprint density at radius 1 is 1.50 bits per heavy atom. The van der Waals surface area contributed by atoms with E-state index in [-0.39, 0.29) is 0 Å². The van der Waals surface area contributed by atoms with E-state index < -0.39 is 0 Å². The molecule has 1 atom stereocenters. The molecule has 0 bridgehead atoms. The molecule has 0 saturated heterocycles. The molecule has 10 heavy (non-hydrogen) atoms. The molecule has 62 valence electrons. The summed E-state index contributed by atoms with van der Waals surface area (Å²) in [4.78, 5) is 0. The molecular weight excluding hydrogens is 144 g/mol. The zero-order chi connectivity index (χ0) is 7.82. The van der Waals surface area contributed by atoms with Gasteiger partial charge in [0.25, 0.3) is 0 Å². The van der Waals surface area contributed by atoms with E-state index in [0.717, 1.165) is 5.75 Å². The second-order valence-corrected chi connectivity index (χ2v) is 3.63. The lowest BCUT2D eigenvalue weighted by Crippen LogP contribution is -2.36. The van der Waals surface area contributed by atoms with E-state index in [1.807, 2.05) is 11.8 Å². The number of hydrogen-bond donors (Lipinski definition) is 2. The van der Waals surface area contributed by atoms with Gasteiger partial charge in [-0.25, -0.2) is 0 Å². The topological polar surface area (TPSA) is 38.0 Å². The number of hydrazine groups is 1. The van der Waals surface area contributed by atoms with Crippen molar-refractivity contribution in [3.8, 4) is 0 Å². The van der Waals surface area contributed by atoms with Crippen molar-refractivity contribution < 1.29 is 0 Å². The monoisotopic (exact) mass is 162 g/mol. The van der Waals surface area contributed by atoms with E-state index in [4.69, 9.17) is 5.84 Å². The summed E-state index contributed by atoms with van der Waals surface area (Å²) in [7, 11) is 0. The van der Waals surface area contributed by atoms with Crippen LogP contribution in [-0.4, -0.2) is 17.5 Å². The van der Waals surface area contributed by atoms with E-state index in [0.29, 0.717) is 6.04 Å². The number of rotatable bonds is 6. The van der Waals surface area contributed by atoms with E-state index in [1.54, 1.807) is 0 Å². The number of nitrogens with one attached hydrogen (secondary N) is 1. The highest BCUT2D eigenvalue weighted by molar-refractivity contribution is 7.99. The Labute approximate surface area is 67.9 Å². The van der Waals surface area contributed by atoms with Crippen molar-refractivity contribution in [2.24, 2.45) is 5.84 Å². The molecule has 3 heteroatoms. The Bertz CT molecular complexity index is 68.6. The summed E-state index contributed by atoms with van der Waals surface area (Å²) in [5, 5.41) is 0. The van der Waals surface area contributed by atoms with Gasteiger partial charge in [-0.3, -0.25) is 11.3 Å². The fourth-order valence-corrected chi connectivity index (χ4v) is 1.61. The molecule has 0 aliphatic heterocycles. The standard InChI is InChI=1S/C7H18N2S/c1-3-5-7(9-8)6-10-4-2/h7,9H,3-6,8H2,1-2H3. The third-order valence-corrected chi connectivity index (χ3v) is 2.44. The summed E-state index contributed by atoms with van der Waals surface area (Å²) in [6.45, 7) is 4.35. The van der Waals surface area contributed by atoms with Gasteiger partial charge in [0, 0.05) is 11.8 Å². The second kappa shape index (κ2) is 7.38. The highest BCUT2D eigenvalue weighted by Crippen LogP contribution is 2.05. The summed E-state index contributed by atoms with van der Waals surface area (Å²) in [6, 6.07) is 0.509. The molecule has 0 aromatic rings. The molecule has 0 saturated carbocycles. The molecule has 0 rings (SSSR count). The molecule has 0 spiro atoms. The highest BCUT2D eigenvalue weighted by Gasteiger charge is 2.02. The van der Waals surface area contributed by atoms with Crippen LogP contribution in [0.3, 0.4) is 0 Å². The van der Waals surface area contributed by atoms with E-state index in [1.165, 1.54) is 18.6 Å². The van der Waals surface area contributed by atoms with Crippen LogP contribution >= 0.6 is 11.8 Å². The Kier molecular flexibility index (Phi) is 7.58. The van der Waals surface area contributed by atoms with Crippen molar-refractivity contribution in [1.82, 2.24) is 5.43 Å². The minimum Gasteiger partial charge on any atom is -0.271 e. The number of hydrogen-bond acceptors (Lipinski definition) is 3. The van der Waals surface area contributed by atoms with Crippen molar-refractivity contribution in [3.05, 3.63) is 0 Å². The zero-order valence-corrected chi connectivity index (χ0v) is 7.71. The fourth-order valence-electron chi connectivity index (χ4n) is 0.823. The highest BCUT2D eigenvalue weighted by atomic mass is 32.2. The van der Waals surface area contributed by atoms with E-state index >= 15 is 0 Å². The molecule has 0 fully saturated rings. The lowest BCUT2D eigenvalue weighted by atomic mass is 10.2. The molecule has 3 N–H and O–H groups in total. The minimum absolute atomic E-state index is 0.509. The van der Waals surface area contributed by atoms with Gasteiger partial charge in [-0.2, -0.15) is 11.8 Å². The van der Waals surface area contributed by atoms with Gasteiger partial charge in [0.15, 0.2) is 0 Å². The molecule has 0 aromatic carbocycles. The third-order valence-electron chi connectivity index (χ3n) is 1.40. The van der Waals surface area contributed by atoms with Crippen LogP contribution in [-0.2, 0) is 0 Å². The summed E-state index contributed by atoms with van der Waals surface area (Å²) < 4.78 is 0. The van der Waals surface area contributed by atoms with Gasteiger partial charge in [-0.1, -0.05) is 20.3 Å². The maximum absolute atomic E-state index is 5.34. The van der Waals surface area contributed by atoms with Crippen molar-refractivity contribution >= 4 is 11.8 Å². The van der Waals surface area contributed by atoms with Crippen LogP contribution in [0, 0.1) is 0 Å². The minimum atomic E-state index is 0.509.